The number of aromatic hydroxyl groups is 3. The van der Waals surface area contributed by atoms with E-state index in [1.54, 1.807) is 0 Å². The van der Waals surface area contributed by atoms with Gasteiger partial charge in [0, 0.05) is 65.9 Å². The van der Waals surface area contributed by atoms with Gasteiger partial charge in [-0.05, 0) is 42.5 Å². The summed E-state index contributed by atoms with van der Waals surface area (Å²) in [5.41, 5.74) is -16.1. The molecular formula is C44H24F39N3O3. The SMILES string of the molecule is CC(C/N=C/c1cc(C(F)(F)C(F)(F)C(F)(F)C(F)(F)C(F)(F)C(F)(F)F)ccc1O)(C/N=C/c1cccc(C(F)(F)C(F)(F)C(F)(F)C(F)(F)C(F)(F)C(F)(F)F)c1O)C/N=C/c1cccc(C(F)(F)C(F)(F)C(F)(F)C(F)(F)C(F)(F)C(F)(F)F)c1O. The lowest BCUT2D eigenvalue weighted by atomic mass is 9.89. The zero-order valence-electron chi connectivity index (χ0n) is 41.5. The smallest absolute Gasteiger partial charge is 0.460 e. The Morgan fingerprint density at radius 1 is 0.303 bits per heavy atom. The fourth-order valence-electron chi connectivity index (χ4n) is 6.76. The summed E-state index contributed by atoms with van der Waals surface area (Å²) >= 11 is 0. The third kappa shape index (κ3) is 11.8. The van der Waals surface area contributed by atoms with Crippen molar-refractivity contribution in [2.45, 2.75) is 114 Å². The molecule has 506 valence electrons. The predicted octanol–water partition coefficient (Wildman–Crippen LogP) is 17.1. The molecule has 0 saturated heterocycles. The van der Waals surface area contributed by atoms with Crippen LogP contribution in [0.1, 0.15) is 40.3 Å². The lowest BCUT2D eigenvalue weighted by Crippen LogP contribution is -2.69. The summed E-state index contributed by atoms with van der Waals surface area (Å²) in [6.07, 6.45) is -23.9. The van der Waals surface area contributed by atoms with E-state index in [9.17, 15) is 160 Å². The number of nitrogens with zero attached hydrogens (tertiary/aromatic N) is 3. The van der Waals surface area contributed by atoms with Gasteiger partial charge in [0.05, 0.1) is 11.1 Å². The van der Waals surface area contributed by atoms with E-state index < -0.39 is 207 Å². The Kier molecular flexibility index (Phi) is 19.5. The molecule has 3 aromatic carbocycles. The van der Waals surface area contributed by atoms with E-state index in [0.29, 0.717) is 6.92 Å². The Bertz CT molecular complexity index is 2980. The monoisotopic (exact) mass is 1380 g/mol. The minimum atomic E-state index is -8.47. The van der Waals surface area contributed by atoms with Crippen LogP contribution in [-0.2, 0) is 17.8 Å². The standard InChI is InChI=1S/C44H24F39N3O3/c1-26(14-84-11-17-4-2-6-21(24(17)88)28(47,48)31(53,54)34(59,60)37(65,66)40(71,72)43(78,79)80,15-85-12-18-5-3-7-22(25(18)89)29(49,50)32(55,56)35(61,62)38(67,68)41(73,74)44(81,82)83)16-86-13-19-10-20(8-9-23(19)87)27(45,46)30(51,52)33(57,58)36(63,64)39(69,70)42(75,76)77/h2-13,87-89H,14-16H2,1H3/b84-11+,85-12+,86-13+. The van der Waals surface area contributed by atoms with Crippen LogP contribution in [0.25, 0.3) is 0 Å². The van der Waals surface area contributed by atoms with Gasteiger partial charge in [0.15, 0.2) is 0 Å². The maximum absolute atomic E-state index is 15.1. The molecule has 0 amide bonds. The van der Waals surface area contributed by atoms with Crippen molar-refractivity contribution in [3.05, 3.63) is 88.0 Å². The molecule has 0 saturated carbocycles. The first-order valence-corrected chi connectivity index (χ1v) is 21.9. The summed E-state index contributed by atoms with van der Waals surface area (Å²) in [6.45, 7) is -3.69. The Morgan fingerprint density at radius 2 is 0.551 bits per heavy atom. The molecule has 0 radical (unpaired) electrons. The van der Waals surface area contributed by atoms with Gasteiger partial charge in [-0.15, -0.1) is 0 Å². The molecule has 6 nitrogen and oxygen atoms in total. The van der Waals surface area contributed by atoms with Gasteiger partial charge < -0.3 is 15.3 Å². The van der Waals surface area contributed by atoms with Gasteiger partial charge in [-0.3, -0.25) is 15.0 Å². The summed E-state index contributed by atoms with van der Waals surface area (Å²) in [5, 5.41) is 30.8. The van der Waals surface area contributed by atoms with Crippen LogP contribution >= 0.6 is 0 Å². The van der Waals surface area contributed by atoms with Crippen LogP contribution in [0.5, 0.6) is 17.2 Å². The van der Waals surface area contributed by atoms with Crippen LogP contribution in [0.4, 0.5) is 171 Å². The number of phenols is 3. The minimum absolute atomic E-state index is 0.0380. The van der Waals surface area contributed by atoms with E-state index in [0.717, 1.165) is 0 Å². The van der Waals surface area contributed by atoms with Crippen LogP contribution in [0.2, 0.25) is 0 Å². The quantitative estimate of drug-likeness (QED) is 0.0616. The van der Waals surface area contributed by atoms with Crippen molar-refractivity contribution in [3.63, 3.8) is 0 Å². The van der Waals surface area contributed by atoms with Crippen molar-refractivity contribution in [2.75, 3.05) is 19.6 Å². The molecule has 0 aromatic heterocycles. The lowest BCUT2D eigenvalue weighted by molar-refractivity contribution is -0.441. The third-order valence-electron chi connectivity index (χ3n) is 12.1. The predicted molar refractivity (Wildman–Crippen MR) is 219 cm³/mol. The molecule has 0 aliphatic rings. The summed E-state index contributed by atoms with van der Waals surface area (Å²) in [6, 6.07) is -2.39. The highest BCUT2D eigenvalue weighted by molar-refractivity contribution is 5.85. The number of aliphatic imine (C=N–C) groups is 3. The molecule has 0 aliphatic heterocycles. The van der Waals surface area contributed by atoms with Crippen molar-refractivity contribution in [3.8, 4) is 17.2 Å². The van der Waals surface area contributed by atoms with E-state index in [2.05, 4.69) is 15.0 Å². The van der Waals surface area contributed by atoms with Crippen molar-refractivity contribution in [1.29, 1.82) is 0 Å². The van der Waals surface area contributed by atoms with E-state index in [1.165, 1.54) is 0 Å². The van der Waals surface area contributed by atoms with Crippen molar-refractivity contribution in [2.24, 2.45) is 20.4 Å². The lowest BCUT2D eigenvalue weighted by Gasteiger charge is -2.39. The molecule has 45 heteroatoms. The van der Waals surface area contributed by atoms with Gasteiger partial charge in [-0.25, -0.2) is 0 Å². The summed E-state index contributed by atoms with van der Waals surface area (Å²) in [7, 11) is 0. The molecule has 0 aliphatic carbocycles. The van der Waals surface area contributed by atoms with Crippen molar-refractivity contribution >= 4 is 18.6 Å². The molecule has 0 atom stereocenters. The highest BCUT2D eigenvalue weighted by atomic mass is 19.5. The number of phenolic OH excluding ortho intramolecular Hbond substituents is 3. The Hall–Kier alpha value is -6.66. The molecular weight excluding hydrogens is 1360 g/mol. The van der Waals surface area contributed by atoms with Gasteiger partial charge in [0.25, 0.3) is 0 Å². The molecule has 3 aromatic rings. The van der Waals surface area contributed by atoms with Crippen LogP contribution in [0, 0.1) is 5.41 Å². The van der Waals surface area contributed by atoms with Gasteiger partial charge >= 0.3 is 107 Å². The van der Waals surface area contributed by atoms with Crippen molar-refractivity contribution in [1.82, 2.24) is 0 Å². The molecule has 0 spiro atoms. The number of hydrogen-bond donors (Lipinski definition) is 3. The van der Waals surface area contributed by atoms with Crippen LogP contribution in [0.15, 0.2) is 69.6 Å². The molecule has 0 fully saturated rings. The molecule has 3 N–H and O–H groups in total. The zero-order valence-corrected chi connectivity index (χ0v) is 41.5. The highest BCUT2D eigenvalue weighted by Crippen LogP contribution is 2.66. The third-order valence-corrected chi connectivity index (χ3v) is 12.1. The summed E-state index contributed by atoms with van der Waals surface area (Å²) < 4.78 is 541. The van der Waals surface area contributed by atoms with Crippen LogP contribution in [-0.4, -0.2) is 143 Å². The maximum Gasteiger partial charge on any atom is 0.460 e. The number of benzene rings is 3. The molecule has 0 heterocycles. The Morgan fingerprint density at radius 3 is 0.820 bits per heavy atom. The zero-order chi connectivity index (χ0) is 70.4. The van der Waals surface area contributed by atoms with Crippen LogP contribution in [0.3, 0.4) is 0 Å². The molecule has 3 rings (SSSR count). The number of halogens is 39. The molecule has 0 bridgehead atoms. The Balaban J connectivity index is 2.26. The minimum Gasteiger partial charge on any atom is -0.507 e. The fraction of sp³-hybridized carbons (Fsp3) is 0.523. The van der Waals surface area contributed by atoms with Gasteiger partial charge in [-0.1, -0.05) is 19.1 Å². The maximum atomic E-state index is 15.1. The second kappa shape index (κ2) is 22.6. The highest BCUT2D eigenvalue weighted by Gasteiger charge is 2.94. The van der Waals surface area contributed by atoms with Gasteiger partial charge in [-0.2, -0.15) is 171 Å². The number of alkyl halides is 39. The number of para-hydroxylation sites is 2. The summed E-state index contributed by atoms with van der Waals surface area (Å²) in [5.74, 6) is -128. The first kappa shape index (κ1) is 76.6. The normalized spacial score (nSPS) is 15.8. The number of rotatable bonds is 24. The summed E-state index contributed by atoms with van der Waals surface area (Å²) in [4.78, 5) is 10.1. The number of hydrogen-bond acceptors (Lipinski definition) is 6. The second-order valence-electron chi connectivity index (χ2n) is 18.6. The van der Waals surface area contributed by atoms with Gasteiger partial charge in [0.1, 0.15) is 17.2 Å². The topological polar surface area (TPSA) is 97.8 Å². The average Bonchev–Trinajstić information content (AvgIpc) is 0.728. The first-order valence-electron chi connectivity index (χ1n) is 21.9. The van der Waals surface area contributed by atoms with Crippen molar-refractivity contribution < 1.29 is 187 Å². The van der Waals surface area contributed by atoms with E-state index in [4.69, 9.17) is 0 Å². The van der Waals surface area contributed by atoms with E-state index >= 15 is 26.3 Å². The van der Waals surface area contributed by atoms with Crippen LogP contribution < -0.4 is 0 Å². The van der Waals surface area contributed by atoms with E-state index in [1.807, 2.05) is 0 Å². The largest absolute Gasteiger partial charge is 0.507 e. The van der Waals surface area contributed by atoms with E-state index in [-0.39, 0.29) is 49.0 Å². The molecule has 0 unspecified atom stereocenters. The Labute approximate surface area is 465 Å². The average molecular weight is 1380 g/mol. The second-order valence-corrected chi connectivity index (χ2v) is 18.6. The fourth-order valence-corrected chi connectivity index (χ4v) is 6.76. The molecule has 89 heavy (non-hydrogen) atoms. The first-order chi connectivity index (χ1) is 39.1. The van der Waals surface area contributed by atoms with Gasteiger partial charge in [0.2, 0.25) is 0 Å².